The molecule has 7 heteroatoms. The number of hydrogen-bond donors (Lipinski definition) is 3. The van der Waals surface area contributed by atoms with Crippen LogP contribution >= 0.6 is 0 Å². The summed E-state index contributed by atoms with van der Waals surface area (Å²) in [6.45, 7) is 1.82. The first kappa shape index (κ1) is 17.8. The van der Waals surface area contributed by atoms with Crippen LogP contribution in [0.2, 0.25) is 0 Å². The third kappa shape index (κ3) is 10.4. The number of carbonyl (C=O) groups excluding carboxylic acids is 2. The molecule has 0 aromatic rings. The summed E-state index contributed by atoms with van der Waals surface area (Å²) in [5, 5.41) is 5.30. The quantitative estimate of drug-likeness (QED) is 0.420. The van der Waals surface area contributed by atoms with Crippen molar-refractivity contribution >= 4 is 11.8 Å². The molecule has 1 atom stereocenters. The zero-order valence-electron chi connectivity index (χ0n) is 11.7. The monoisotopic (exact) mass is 275 g/mol. The number of nitrogens with two attached hydrogens (primary N) is 1. The van der Waals surface area contributed by atoms with E-state index in [0.29, 0.717) is 26.2 Å². The molecule has 2 amide bonds. The molecule has 0 radical (unpaired) electrons. The van der Waals surface area contributed by atoms with Crippen molar-refractivity contribution in [3.63, 3.8) is 0 Å². The third-order valence-corrected chi connectivity index (χ3v) is 2.48. The molecule has 112 valence electrons. The van der Waals surface area contributed by atoms with Crippen LogP contribution in [0, 0.1) is 0 Å². The summed E-state index contributed by atoms with van der Waals surface area (Å²) in [6, 6.07) is -0.549. The van der Waals surface area contributed by atoms with Crippen LogP contribution in [0.5, 0.6) is 0 Å². The van der Waals surface area contributed by atoms with Crippen LogP contribution in [-0.4, -0.2) is 58.4 Å². The molecule has 4 N–H and O–H groups in total. The molecule has 0 saturated carbocycles. The first-order valence-corrected chi connectivity index (χ1v) is 6.39. The van der Waals surface area contributed by atoms with Crippen molar-refractivity contribution in [2.45, 2.75) is 25.3 Å². The minimum Gasteiger partial charge on any atom is -0.385 e. The average molecular weight is 275 g/mol. The average Bonchev–Trinajstić information content (AvgIpc) is 2.39. The van der Waals surface area contributed by atoms with Crippen LogP contribution in [0.15, 0.2) is 0 Å². The molecule has 0 aliphatic rings. The number of nitrogens with one attached hydrogen (secondary N) is 2. The van der Waals surface area contributed by atoms with Crippen molar-refractivity contribution in [3.8, 4) is 0 Å². The lowest BCUT2D eigenvalue weighted by Gasteiger charge is -2.11. The van der Waals surface area contributed by atoms with Gasteiger partial charge in [0.15, 0.2) is 0 Å². The number of amides is 2. The number of rotatable bonds is 11. The molecule has 19 heavy (non-hydrogen) atoms. The van der Waals surface area contributed by atoms with Gasteiger partial charge in [-0.3, -0.25) is 9.59 Å². The molecule has 0 aromatic heterocycles. The van der Waals surface area contributed by atoms with Gasteiger partial charge in [0.2, 0.25) is 11.8 Å². The van der Waals surface area contributed by atoms with Crippen molar-refractivity contribution in [2.75, 3.05) is 40.5 Å². The fourth-order valence-electron chi connectivity index (χ4n) is 1.39. The van der Waals surface area contributed by atoms with E-state index in [9.17, 15) is 9.59 Å². The van der Waals surface area contributed by atoms with Gasteiger partial charge in [0.25, 0.3) is 0 Å². The maximum atomic E-state index is 11.6. The Labute approximate surface area is 114 Å². The summed E-state index contributed by atoms with van der Waals surface area (Å²) in [5.41, 5.74) is 5.69. The van der Waals surface area contributed by atoms with Gasteiger partial charge in [-0.25, -0.2) is 0 Å². The van der Waals surface area contributed by atoms with Crippen LogP contribution in [-0.2, 0) is 19.1 Å². The van der Waals surface area contributed by atoms with Crippen LogP contribution < -0.4 is 16.4 Å². The Balaban J connectivity index is 3.58. The van der Waals surface area contributed by atoms with Gasteiger partial charge >= 0.3 is 0 Å². The Morgan fingerprint density at radius 2 is 1.79 bits per heavy atom. The lowest BCUT2D eigenvalue weighted by atomic mass is 10.1. The van der Waals surface area contributed by atoms with Crippen molar-refractivity contribution < 1.29 is 19.1 Å². The molecule has 0 aliphatic heterocycles. The molecular weight excluding hydrogens is 250 g/mol. The number of carbonyl (C=O) groups is 2. The van der Waals surface area contributed by atoms with Gasteiger partial charge in [0.1, 0.15) is 0 Å². The summed E-state index contributed by atoms with van der Waals surface area (Å²) < 4.78 is 9.68. The number of methoxy groups -OCH3 is 2. The van der Waals surface area contributed by atoms with E-state index in [-0.39, 0.29) is 24.8 Å². The Morgan fingerprint density at radius 3 is 2.42 bits per heavy atom. The summed E-state index contributed by atoms with van der Waals surface area (Å²) >= 11 is 0. The van der Waals surface area contributed by atoms with Crippen LogP contribution in [0.1, 0.15) is 19.3 Å². The second-order valence-corrected chi connectivity index (χ2v) is 4.13. The minimum absolute atomic E-state index is 0.120. The molecule has 1 unspecified atom stereocenters. The fraction of sp³-hybridized carbons (Fsp3) is 0.833. The van der Waals surface area contributed by atoms with Crippen LogP contribution in [0.25, 0.3) is 0 Å². The summed E-state index contributed by atoms with van der Waals surface area (Å²) in [4.78, 5) is 22.9. The summed E-state index contributed by atoms with van der Waals surface area (Å²) in [6.07, 6.45) is 1.54. The Kier molecular flexibility index (Phi) is 11.1. The maximum Gasteiger partial charge on any atom is 0.236 e. The van der Waals surface area contributed by atoms with Gasteiger partial charge in [-0.05, 0) is 12.8 Å². The van der Waals surface area contributed by atoms with E-state index in [1.807, 2.05) is 0 Å². The van der Waals surface area contributed by atoms with E-state index in [1.54, 1.807) is 14.2 Å². The van der Waals surface area contributed by atoms with Gasteiger partial charge in [0.05, 0.1) is 12.6 Å². The molecule has 0 aliphatic carbocycles. The standard InChI is InChI=1S/C12H25N3O4/c1-18-8-3-4-10(13)12(17)15-6-5-11(16)14-7-9-19-2/h10H,3-9,13H2,1-2H3,(H,14,16)(H,15,17). The topological polar surface area (TPSA) is 103 Å². The van der Waals surface area contributed by atoms with Gasteiger partial charge < -0.3 is 25.8 Å². The summed E-state index contributed by atoms with van der Waals surface area (Å²) in [7, 11) is 3.17. The number of hydrogen-bond acceptors (Lipinski definition) is 5. The van der Waals surface area contributed by atoms with E-state index >= 15 is 0 Å². The third-order valence-electron chi connectivity index (χ3n) is 2.48. The molecule has 0 fully saturated rings. The molecule has 0 saturated heterocycles. The predicted octanol–water partition coefficient (Wildman–Crippen LogP) is -0.991. The molecule has 7 nitrogen and oxygen atoms in total. The molecular formula is C12H25N3O4. The van der Waals surface area contributed by atoms with Crippen molar-refractivity contribution in [3.05, 3.63) is 0 Å². The zero-order valence-corrected chi connectivity index (χ0v) is 11.7. The second kappa shape index (κ2) is 11.9. The Hall–Kier alpha value is -1.18. The Bertz CT molecular complexity index is 261. The minimum atomic E-state index is -0.549. The highest BCUT2D eigenvalue weighted by Gasteiger charge is 2.12. The highest BCUT2D eigenvalue weighted by molar-refractivity contribution is 5.82. The van der Waals surface area contributed by atoms with Crippen LogP contribution in [0.4, 0.5) is 0 Å². The lowest BCUT2D eigenvalue weighted by Crippen LogP contribution is -2.42. The van der Waals surface area contributed by atoms with Gasteiger partial charge in [-0.1, -0.05) is 0 Å². The normalized spacial score (nSPS) is 11.9. The number of ether oxygens (including phenoxy) is 2. The largest absolute Gasteiger partial charge is 0.385 e. The van der Waals surface area contributed by atoms with Gasteiger partial charge in [-0.2, -0.15) is 0 Å². The molecule has 0 heterocycles. The molecule has 0 rings (SSSR count). The van der Waals surface area contributed by atoms with E-state index < -0.39 is 6.04 Å². The smallest absolute Gasteiger partial charge is 0.236 e. The molecule has 0 bridgehead atoms. The van der Waals surface area contributed by atoms with Gasteiger partial charge in [0, 0.05) is 40.3 Å². The van der Waals surface area contributed by atoms with Crippen molar-refractivity contribution in [1.82, 2.24) is 10.6 Å². The van der Waals surface area contributed by atoms with Crippen LogP contribution in [0.3, 0.4) is 0 Å². The van der Waals surface area contributed by atoms with E-state index in [2.05, 4.69) is 10.6 Å². The SMILES string of the molecule is COCCCC(N)C(=O)NCCC(=O)NCCOC. The van der Waals surface area contributed by atoms with Crippen molar-refractivity contribution in [2.24, 2.45) is 5.73 Å². The predicted molar refractivity (Wildman–Crippen MR) is 71.6 cm³/mol. The van der Waals surface area contributed by atoms with E-state index in [1.165, 1.54) is 0 Å². The highest BCUT2D eigenvalue weighted by atomic mass is 16.5. The zero-order chi connectivity index (χ0) is 14.5. The summed E-state index contributed by atoms with van der Waals surface area (Å²) in [5.74, 6) is -0.355. The second-order valence-electron chi connectivity index (χ2n) is 4.13. The van der Waals surface area contributed by atoms with Crippen molar-refractivity contribution in [1.29, 1.82) is 0 Å². The molecule has 0 aromatic carbocycles. The lowest BCUT2D eigenvalue weighted by molar-refractivity contribution is -0.123. The first-order valence-electron chi connectivity index (χ1n) is 6.39. The van der Waals surface area contributed by atoms with E-state index in [4.69, 9.17) is 15.2 Å². The Morgan fingerprint density at radius 1 is 1.11 bits per heavy atom. The maximum absolute atomic E-state index is 11.6. The highest BCUT2D eigenvalue weighted by Crippen LogP contribution is 1.95. The fourth-order valence-corrected chi connectivity index (χ4v) is 1.39. The van der Waals surface area contributed by atoms with Gasteiger partial charge in [-0.15, -0.1) is 0 Å². The first-order chi connectivity index (χ1) is 9.11. The molecule has 0 spiro atoms. The van der Waals surface area contributed by atoms with E-state index in [0.717, 1.165) is 6.42 Å².